The quantitative estimate of drug-likeness (QED) is 0.676. The van der Waals surface area contributed by atoms with Crippen LogP contribution in [0, 0.1) is 6.92 Å². The first-order valence-electron chi connectivity index (χ1n) is 9.75. The Morgan fingerprint density at radius 2 is 2.07 bits per heavy atom. The second kappa shape index (κ2) is 7.31. The number of amides is 1. The van der Waals surface area contributed by atoms with Crippen LogP contribution >= 0.6 is 0 Å². The topological polar surface area (TPSA) is 82.3 Å². The van der Waals surface area contributed by atoms with Crippen molar-refractivity contribution in [2.45, 2.75) is 44.6 Å². The van der Waals surface area contributed by atoms with E-state index >= 15 is 0 Å². The molecule has 6 nitrogen and oxygen atoms in total. The van der Waals surface area contributed by atoms with E-state index in [1.807, 2.05) is 19.2 Å². The fourth-order valence-corrected chi connectivity index (χ4v) is 5.40. The van der Waals surface area contributed by atoms with Crippen LogP contribution in [0.4, 0.5) is 5.69 Å². The lowest BCUT2D eigenvalue weighted by Crippen LogP contribution is -2.34. The SMILES string of the molecule is CC(=O)N1CCc2cc(S(=O)(=O)NC(C)Cc3c[nH]c4c(C)cccc34)ccc21. The Balaban J connectivity index is 1.52. The van der Waals surface area contributed by atoms with E-state index < -0.39 is 10.0 Å². The van der Waals surface area contributed by atoms with Gasteiger partial charge in [-0.1, -0.05) is 18.2 Å². The molecule has 7 heteroatoms. The van der Waals surface area contributed by atoms with E-state index in [9.17, 15) is 13.2 Å². The van der Waals surface area contributed by atoms with Crippen molar-refractivity contribution < 1.29 is 13.2 Å². The van der Waals surface area contributed by atoms with Crippen LogP contribution in [0.1, 0.15) is 30.5 Å². The molecule has 0 radical (unpaired) electrons. The Hall–Kier alpha value is -2.64. The zero-order valence-electron chi connectivity index (χ0n) is 16.8. The average Bonchev–Trinajstić information content (AvgIpc) is 3.26. The van der Waals surface area contributed by atoms with Crippen molar-refractivity contribution >= 4 is 32.5 Å². The van der Waals surface area contributed by atoms with E-state index in [0.29, 0.717) is 19.4 Å². The number of hydrogen-bond donors (Lipinski definition) is 2. The molecule has 0 bridgehead atoms. The van der Waals surface area contributed by atoms with Crippen LogP contribution in [0.3, 0.4) is 0 Å². The molecule has 1 aliphatic heterocycles. The van der Waals surface area contributed by atoms with Gasteiger partial charge in [0.15, 0.2) is 0 Å². The molecule has 3 aromatic rings. The molecular formula is C22H25N3O3S. The number of aromatic amines is 1. The summed E-state index contributed by atoms with van der Waals surface area (Å²) < 4.78 is 28.6. The van der Waals surface area contributed by atoms with Gasteiger partial charge in [-0.25, -0.2) is 13.1 Å². The Morgan fingerprint density at radius 3 is 2.83 bits per heavy atom. The molecule has 0 spiro atoms. The van der Waals surface area contributed by atoms with Gasteiger partial charge in [0.25, 0.3) is 0 Å². The number of sulfonamides is 1. The van der Waals surface area contributed by atoms with Crippen molar-refractivity contribution in [1.82, 2.24) is 9.71 Å². The Kier molecular flexibility index (Phi) is 4.96. The lowest BCUT2D eigenvalue weighted by atomic mass is 10.1. The van der Waals surface area contributed by atoms with Crippen molar-refractivity contribution in [2.24, 2.45) is 0 Å². The van der Waals surface area contributed by atoms with Gasteiger partial charge < -0.3 is 9.88 Å². The average molecular weight is 412 g/mol. The van der Waals surface area contributed by atoms with Gasteiger partial charge in [0, 0.05) is 42.3 Å². The normalized spacial score (nSPS) is 14.9. The van der Waals surface area contributed by atoms with Gasteiger partial charge in [0.1, 0.15) is 0 Å². The van der Waals surface area contributed by atoms with Gasteiger partial charge in [-0.2, -0.15) is 0 Å². The third-order valence-corrected chi connectivity index (χ3v) is 7.12. The first-order valence-corrected chi connectivity index (χ1v) is 11.2. The summed E-state index contributed by atoms with van der Waals surface area (Å²) in [6.45, 7) is 6.04. The number of aromatic nitrogens is 1. The molecule has 1 aromatic heterocycles. The highest BCUT2D eigenvalue weighted by Crippen LogP contribution is 2.30. The van der Waals surface area contributed by atoms with Gasteiger partial charge in [-0.05, 0) is 61.6 Å². The van der Waals surface area contributed by atoms with Crippen LogP contribution in [-0.4, -0.2) is 31.9 Å². The minimum Gasteiger partial charge on any atom is -0.361 e. The minimum atomic E-state index is -3.65. The van der Waals surface area contributed by atoms with Crippen LogP contribution in [0.15, 0.2) is 47.5 Å². The van der Waals surface area contributed by atoms with Gasteiger partial charge >= 0.3 is 0 Å². The first-order chi connectivity index (χ1) is 13.8. The number of anilines is 1. The highest BCUT2D eigenvalue weighted by atomic mass is 32.2. The molecule has 0 saturated heterocycles. The number of benzene rings is 2. The zero-order valence-corrected chi connectivity index (χ0v) is 17.6. The van der Waals surface area contributed by atoms with Crippen molar-refractivity contribution in [1.29, 1.82) is 0 Å². The van der Waals surface area contributed by atoms with E-state index in [1.54, 1.807) is 23.1 Å². The lowest BCUT2D eigenvalue weighted by molar-refractivity contribution is -0.116. The monoisotopic (exact) mass is 411 g/mol. The molecule has 4 rings (SSSR count). The van der Waals surface area contributed by atoms with Gasteiger partial charge in [0.2, 0.25) is 15.9 Å². The first kappa shape index (κ1) is 19.7. The van der Waals surface area contributed by atoms with Crippen molar-refractivity contribution in [3.63, 3.8) is 0 Å². The predicted octanol–water partition coefficient (Wildman–Crippen LogP) is 3.29. The molecular weight excluding hydrogens is 386 g/mol. The van der Waals surface area contributed by atoms with Crippen molar-refractivity contribution in [2.75, 3.05) is 11.4 Å². The molecule has 0 aliphatic carbocycles. The van der Waals surface area contributed by atoms with Gasteiger partial charge in [-0.3, -0.25) is 4.79 Å². The number of aryl methyl sites for hydroxylation is 1. The van der Waals surface area contributed by atoms with Crippen LogP contribution in [0.5, 0.6) is 0 Å². The zero-order chi connectivity index (χ0) is 20.8. The summed E-state index contributed by atoms with van der Waals surface area (Å²) in [5.41, 5.74) is 5.04. The highest BCUT2D eigenvalue weighted by molar-refractivity contribution is 7.89. The number of H-pyrrole nitrogens is 1. The predicted molar refractivity (Wildman–Crippen MR) is 115 cm³/mol. The molecule has 29 heavy (non-hydrogen) atoms. The molecule has 2 aromatic carbocycles. The second-order valence-corrected chi connectivity index (χ2v) is 9.46. The molecule has 1 unspecified atom stereocenters. The largest absolute Gasteiger partial charge is 0.361 e. The molecule has 152 valence electrons. The van der Waals surface area contributed by atoms with Crippen molar-refractivity contribution in [3.05, 3.63) is 59.3 Å². The molecule has 1 amide bonds. The number of fused-ring (bicyclic) bond motifs is 2. The number of nitrogens with zero attached hydrogens (tertiary/aromatic N) is 1. The summed E-state index contributed by atoms with van der Waals surface area (Å²) in [7, 11) is -3.65. The Bertz CT molecular complexity index is 1200. The summed E-state index contributed by atoms with van der Waals surface area (Å²) in [4.78, 5) is 16.9. The maximum absolute atomic E-state index is 12.9. The van der Waals surface area contributed by atoms with Crippen LogP contribution < -0.4 is 9.62 Å². The maximum atomic E-state index is 12.9. The number of rotatable bonds is 5. The minimum absolute atomic E-state index is 0.0277. The number of carbonyl (C=O) groups excluding carboxylic acids is 1. The maximum Gasteiger partial charge on any atom is 0.240 e. The number of para-hydroxylation sites is 1. The van der Waals surface area contributed by atoms with E-state index in [2.05, 4.69) is 28.8 Å². The summed E-state index contributed by atoms with van der Waals surface area (Å²) in [6, 6.07) is 10.8. The molecule has 2 heterocycles. The molecule has 1 atom stereocenters. The summed E-state index contributed by atoms with van der Waals surface area (Å²) in [6.07, 6.45) is 3.21. The van der Waals surface area contributed by atoms with Gasteiger partial charge in [0.05, 0.1) is 4.90 Å². The molecule has 1 aliphatic rings. The van der Waals surface area contributed by atoms with Crippen LogP contribution in [0.2, 0.25) is 0 Å². The fourth-order valence-electron chi connectivity index (χ4n) is 4.11. The molecule has 0 saturated carbocycles. The Labute approximate surface area is 171 Å². The lowest BCUT2D eigenvalue weighted by Gasteiger charge is -2.16. The summed E-state index contributed by atoms with van der Waals surface area (Å²) >= 11 is 0. The standard InChI is InChI=1S/C22H25N3O3S/c1-14-5-4-6-20-18(13-23-22(14)20)11-15(2)24-29(27,28)19-7-8-21-17(12-19)9-10-25(21)16(3)26/h4-8,12-13,15,23-24H,9-11H2,1-3H3. The number of nitrogens with one attached hydrogen (secondary N) is 2. The van der Waals surface area contributed by atoms with E-state index in [-0.39, 0.29) is 16.8 Å². The second-order valence-electron chi connectivity index (χ2n) is 7.75. The smallest absolute Gasteiger partial charge is 0.240 e. The summed E-state index contributed by atoms with van der Waals surface area (Å²) in [5, 5.41) is 1.12. The number of hydrogen-bond acceptors (Lipinski definition) is 3. The van der Waals surface area contributed by atoms with Crippen LogP contribution in [0.25, 0.3) is 10.9 Å². The van der Waals surface area contributed by atoms with Crippen molar-refractivity contribution in [3.8, 4) is 0 Å². The Morgan fingerprint density at radius 1 is 1.28 bits per heavy atom. The summed E-state index contributed by atoms with van der Waals surface area (Å²) in [5.74, 6) is -0.0277. The molecule has 0 fully saturated rings. The van der Waals surface area contributed by atoms with E-state index in [1.165, 1.54) is 12.5 Å². The third-order valence-electron chi connectivity index (χ3n) is 5.53. The van der Waals surface area contributed by atoms with E-state index in [4.69, 9.17) is 0 Å². The number of carbonyl (C=O) groups is 1. The van der Waals surface area contributed by atoms with E-state index in [0.717, 1.165) is 27.7 Å². The fraction of sp³-hybridized carbons (Fsp3) is 0.318. The van der Waals surface area contributed by atoms with Gasteiger partial charge in [-0.15, -0.1) is 0 Å². The highest BCUT2D eigenvalue weighted by Gasteiger charge is 2.25. The van der Waals surface area contributed by atoms with Crippen LogP contribution in [-0.2, 0) is 27.7 Å². The molecule has 2 N–H and O–H groups in total. The third kappa shape index (κ3) is 3.68.